The number of benzene rings is 1. The Bertz CT molecular complexity index is 607. The number of nitrogens with zero attached hydrogens (tertiary/aromatic N) is 2. The predicted octanol–water partition coefficient (Wildman–Crippen LogP) is 2.37. The number of carbonyl (C=O) groups is 1. The molecule has 5 nitrogen and oxygen atoms in total. The number of anilines is 1. The van der Waals surface area contributed by atoms with E-state index < -0.39 is 0 Å². The first-order valence-electron chi connectivity index (χ1n) is 6.91. The molecule has 0 aliphatic rings. The molecule has 0 bridgehead atoms. The lowest BCUT2D eigenvalue weighted by molar-refractivity contribution is -0.120. The summed E-state index contributed by atoms with van der Waals surface area (Å²) < 4.78 is 0. The Morgan fingerprint density at radius 1 is 1.14 bits per heavy atom. The Labute approximate surface area is 124 Å². The zero-order chi connectivity index (χ0) is 15.4. The summed E-state index contributed by atoms with van der Waals surface area (Å²) in [4.78, 5) is 20.7. The molecule has 0 fully saturated rings. The summed E-state index contributed by atoms with van der Waals surface area (Å²) in [5.41, 5.74) is 8.72. The Hall–Kier alpha value is -2.27. The second-order valence-electron chi connectivity index (χ2n) is 5.19. The molecular weight excluding hydrogens is 264 g/mol. The molecule has 0 aliphatic heterocycles. The van der Waals surface area contributed by atoms with Crippen molar-refractivity contribution >= 4 is 11.9 Å². The zero-order valence-corrected chi connectivity index (χ0v) is 12.5. The number of hydrogen-bond acceptors (Lipinski definition) is 4. The summed E-state index contributed by atoms with van der Waals surface area (Å²) in [6, 6.07) is 11.1. The summed E-state index contributed by atoms with van der Waals surface area (Å²) in [7, 11) is 0. The van der Waals surface area contributed by atoms with E-state index in [9.17, 15) is 4.79 Å². The smallest absolute Gasteiger partial charge is 0.231 e. The van der Waals surface area contributed by atoms with Gasteiger partial charge in [-0.05, 0) is 25.5 Å². The van der Waals surface area contributed by atoms with Gasteiger partial charge in [-0.1, -0.05) is 37.3 Å². The van der Waals surface area contributed by atoms with Crippen LogP contribution in [0.2, 0.25) is 0 Å². The first kappa shape index (κ1) is 15.1. The number of nitrogens with one attached hydrogen (secondary N) is 1. The molecule has 5 heteroatoms. The van der Waals surface area contributed by atoms with Crippen molar-refractivity contribution in [2.24, 2.45) is 11.7 Å². The summed E-state index contributed by atoms with van der Waals surface area (Å²) >= 11 is 0. The van der Waals surface area contributed by atoms with Crippen LogP contribution in [0.25, 0.3) is 0 Å². The predicted molar refractivity (Wildman–Crippen MR) is 82.7 cm³/mol. The maximum absolute atomic E-state index is 12.3. The Morgan fingerprint density at radius 2 is 1.71 bits per heavy atom. The maximum Gasteiger partial charge on any atom is 0.231 e. The van der Waals surface area contributed by atoms with Crippen molar-refractivity contribution in [3.8, 4) is 0 Å². The minimum atomic E-state index is -0.378. The number of amides is 1. The van der Waals surface area contributed by atoms with Crippen molar-refractivity contribution < 1.29 is 4.79 Å². The van der Waals surface area contributed by atoms with Gasteiger partial charge in [-0.2, -0.15) is 0 Å². The number of hydrogen-bond donors (Lipinski definition) is 2. The largest absolute Gasteiger partial charge is 0.323 e. The number of aromatic nitrogens is 2. The Morgan fingerprint density at radius 3 is 2.29 bits per heavy atom. The van der Waals surface area contributed by atoms with Gasteiger partial charge < -0.3 is 5.73 Å². The Balaban J connectivity index is 2.09. The van der Waals surface area contributed by atoms with Crippen LogP contribution in [0.15, 0.2) is 36.4 Å². The Kier molecular flexibility index (Phi) is 4.65. The van der Waals surface area contributed by atoms with Crippen molar-refractivity contribution in [1.82, 2.24) is 9.97 Å². The molecule has 0 radical (unpaired) electrons. The molecule has 0 aliphatic carbocycles. The van der Waals surface area contributed by atoms with Gasteiger partial charge in [-0.15, -0.1) is 0 Å². The third kappa shape index (κ3) is 3.86. The first-order valence-corrected chi connectivity index (χ1v) is 6.91. The minimum Gasteiger partial charge on any atom is -0.323 e. The molecule has 0 spiro atoms. The maximum atomic E-state index is 12.3. The number of nitrogens with two attached hydrogens (primary N) is 1. The molecule has 0 saturated heterocycles. The molecule has 1 amide bonds. The normalized spacial score (nSPS) is 13.5. The van der Waals surface area contributed by atoms with Gasteiger partial charge in [0.05, 0.1) is 5.92 Å². The number of aryl methyl sites for hydroxylation is 2. The SMILES string of the molecule is Cc1cc(C)nc(NC(=O)C(C)C(N)c2ccccc2)n1. The lowest BCUT2D eigenvalue weighted by atomic mass is 9.95. The molecule has 2 unspecified atom stereocenters. The minimum absolute atomic E-state index is 0.184. The van der Waals surface area contributed by atoms with Gasteiger partial charge >= 0.3 is 0 Å². The van der Waals surface area contributed by atoms with Gasteiger partial charge in [-0.25, -0.2) is 9.97 Å². The monoisotopic (exact) mass is 284 g/mol. The molecule has 110 valence electrons. The van der Waals surface area contributed by atoms with Crippen molar-refractivity contribution in [2.45, 2.75) is 26.8 Å². The second kappa shape index (κ2) is 6.45. The quantitative estimate of drug-likeness (QED) is 0.903. The van der Waals surface area contributed by atoms with Gasteiger partial charge in [0.1, 0.15) is 0 Å². The van der Waals surface area contributed by atoms with Crippen LogP contribution in [-0.4, -0.2) is 15.9 Å². The topological polar surface area (TPSA) is 80.9 Å². The van der Waals surface area contributed by atoms with Crippen molar-refractivity contribution in [1.29, 1.82) is 0 Å². The van der Waals surface area contributed by atoms with Gasteiger partial charge in [-0.3, -0.25) is 10.1 Å². The van der Waals surface area contributed by atoms with Crippen LogP contribution in [0.3, 0.4) is 0 Å². The van der Waals surface area contributed by atoms with Crippen LogP contribution in [0.4, 0.5) is 5.95 Å². The third-order valence-corrected chi connectivity index (χ3v) is 3.35. The molecule has 1 heterocycles. The van der Waals surface area contributed by atoms with Crippen LogP contribution >= 0.6 is 0 Å². The van der Waals surface area contributed by atoms with E-state index in [0.717, 1.165) is 17.0 Å². The fraction of sp³-hybridized carbons (Fsp3) is 0.312. The lowest BCUT2D eigenvalue weighted by Gasteiger charge is -2.19. The van der Waals surface area contributed by atoms with Crippen LogP contribution < -0.4 is 11.1 Å². The number of rotatable bonds is 4. The molecule has 1 aromatic heterocycles. The fourth-order valence-corrected chi connectivity index (χ4v) is 2.13. The zero-order valence-electron chi connectivity index (χ0n) is 12.5. The van der Waals surface area contributed by atoms with Crippen LogP contribution in [0, 0.1) is 19.8 Å². The summed E-state index contributed by atoms with van der Waals surface area (Å²) in [6.07, 6.45) is 0. The van der Waals surface area contributed by atoms with Crippen molar-refractivity contribution in [3.05, 3.63) is 53.3 Å². The highest BCUT2D eigenvalue weighted by Gasteiger charge is 2.22. The van der Waals surface area contributed by atoms with E-state index in [0.29, 0.717) is 5.95 Å². The molecular formula is C16H20N4O. The number of carbonyl (C=O) groups excluding carboxylic acids is 1. The van der Waals surface area contributed by atoms with Crippen molar-refractivity contribution in [3.63, 3.8) is 0 Å². The highest BCUT2D eigenvalue weighted by atomic mass is 16.2. The molecule has 0 saturated carbocycles. The fourth-order valence-electron chi connectivity index (χ4n) is 2.13. The van der Waals surface area contributed by atoms with Gasteiger partial charge in [0, 0.05) is 17.4 Å². The van der Waals surface area contributed by atoms with Gasteiger partial charge in [0.15, 0.2) is 0 Å². The van der Waals surface area contributed by atoms with Crippen LogP contribution in [-0.2, 0) is 4.79 Å². The standard InChI is InChI=1S/C16H20N4O/c1-10-9-11(2)19-16(18-10)20-15(21)12(3)14(17)13-7-5-4-6-8-13/h4-9,12,14H,17H2,1-3H3,(H,18,19,20,21). The highest BCUT2D eigenvalue weighted by Crippen LogP contribution is 2.20. The van der Waals surface area contributed by atoms with E-state index >= 15 is 0 Å². The van der Waals surface area contributed by atoms with E-state index in [2.05, 4.69) is 15.3 Å². The van der Waals surface area contributed by atoms with E-state index in [1.807, 2.05) is 50.2 Å². The lowest BCUT2D eigenvalue weighted by Crippen LogP contribution is -2.31. The van der Waals surface area contributed by atoms with Gasteiger partial charge in [0.25, 0.3) is 0 Å². The first-order chi connectivity index (χ1) is 9.97. The van der Waals surface area contributed by atoms with E-state index in [1.165, 1.54) is 0 Å². The molecule has 2 atom stereocenters. The molecule has 2 aromatic rings. The average Bonchev–Trinajstić information content (AvgIpc) is 2.45. The van der Waals surface area contributed by atoms with Crippen LogP contribution in [0.1, 0.15) is 29.9 Å². The summed E-state index contributed by atoms with van der Waals surface area (Å²) in [6.45, 7) is 5.53. The van der Waals surface area contributed by atoms with Crippen LogP contribution in [0.5, 0.6) is 0 Å². The summed E-state index contributed by atoms with van der Waals surface area (Å²) in [5, 5.41) is 2.73. The molecule has 1 aromatic carbocycles. The van der Waals surface area contributed by atoms with Gasteiger partial charge in [0.2, 0.25) is 11.9 Å². The van der Waals surface area contributed by atoms with E-state index in [4.69, 9.17) is 5.73 Å². The molecule has 3 N–H and O–H groups in total. The van der Waals surface area contributed by atoms with E-state index in [1.54, 1.807) is 6.92 Å². The second-order valence-corrected chi connectivity index (χ2v) is 5.19. The van der Waals surface area contributed by atoms with Crippen molar-refractivity contribution in [2.75, 3.05) is 5.32 Å². The average molecular weight is 284 g/mol. The molecule has 21 heavy (non-hydrogen) atoms. The molecule has 2 rings (SSSR count). The highest BCUT2D eigenvalue weighted by molar-refractivity contribution is 5.91. The van der Waals surface area contributed by atoms with E-state index in [-0.39, 0.29) is 17.9 Å². The third-order valence-electron chi connectivity index (χ3n) is 3.35. The summed E-state index contributed by atoms with van der Waals surface area (Å²) in [5.74, 6) is -0.238.